The lowest BCUT2D eigenvalue weighted by atomic mass is 10.2. The van der Waals surface area contributed by atoms with Crippen molar-refractivity contribution >= 4 is 16.8 Å². The average Bonchev–Trinajstić information content (AvgIpc) is 2.90. The molecule has 1 aliphatic rings. The van der Waals surface area contributed by atoms with E-state index < -0.39 is 0 Å². The van der Waals surface area contributed by atoms with Gasteiger partial charge in [-0.15, -0.1) is 0 Å². The molecule has 0 amide bonds. The molecule has 0 radical (unpaired) electrons. The summed E-state index contributed by atoms with van der Waals surface area (Å²) in [7, 11) is 0. The second kappa shape index (κ2) is 4.82. The zero-order valence-corrected chi connectivity index (χ0v) is 10.8. The first-order chi connectivity index (χ1) is 8.83. The molecule has 1 aliphatic heterocycles. The lowest BCUT2D eigenvalue weighted by molar-refractivity contribution is 0.742. The summed E-state index contributed by atoms with van der Waals surface area (Å²) < 4.78 is 0. The minimum absolute atomic E-state index is 0.185. The van der Waals surface area contributed by atoms with Crippen LogP contribution in [0.4, 0.5) is 0 Å². The molecule has 1 N–H and O–H groups in total. The molecule has 3 rings (SSSR count). The summed E-state index contributed by atoms with van der Waals surface area (Å²) in [6.45, 7) is 2.09. The predicted molar refractivity (Wildman–Crippen MR) is 75.4 cm³/mol. The van der Waals surface area contributed by atoms with Crippen LogP contribution in [0.5, 0.6) is 0 Å². The van der Waals surface area contributed by atoms with Crippen LogP contribution in [-0.2, 0) is 0 Å². The van der Waals surface area contributed by atoms with E-state index in [0.717, 1.165) is 10.6 Å². The summed E-state index contributed by atoms with van der Waals surface area (Å²) in [4.78, 5) is 4.03. The van der Waals surface area contributed by atoms with Gasteiger partial charge in [-0.1, -0.05) is 41.6 Å². The fraction of sp³-hybridized carbons (Fsp3) is 0.143. The van der Waals surface area contributed by atoms with Gasteiger partial charge in [-0.3, -0.25) is 10.4 Å². The number of nitrogens with zero attached hydrogens (tertiary/aromatic N) is 2. The van der Waals surface area contributed by atoms with Crippen molar-refractivity contribution in [2.24, 2.45) is 5.10 Å². The first-order valence-electron chi connectivity index (χ1n) is 5.80. The molecule has 1 aromatic carbocycles. The van der Waals surface area contributed by atoms with Crippen LogP contribution < -0.4 is 5.43 Å². The Morgan fingerprint density at radius 3 is 2.50 bits per heavy atom. The van der Waals surface area contributed by atoms with Gasteiger partial charge in [0.05, 0.1) is 0 Å². The van der Waals surface area contributed by atoms with Gasteiger partial charge in [-0.2, -0.15) is 5.10 Å². The summed E-state index contributed by atoms with van der Waals surface area (Å²) in [5.74, 6) is 0. The van der Waals surface area contributed by atoms with Crippen LogP contribution in [0.3, 0.4) is 0 Å². The highest BCUT2D eigenvalue weighted by atomic mass is 32.2. The lowest BCUT2D eigenvalue weighted by Crippen LogP contribution is -2.06. The normalized spacial score (nSPS) is 18.3. The number of hydrazone groups is 1. The minimum Gasteiger partial charge on any atom is -0.291 e. The van der Waals surface area contributed by atoms with Gasteiger partial charge in [0.1, 0.15) is 10.4 Å². The van der Waals surface area contributed by atoms with Crippen molar-refractivity contribution in [2.45, 2.75) is 12.3 Å². The maximum atomic E-state index is 4.40. The van der Waals surface area contributed by atoms with Crippen LogP contribution in [0, 0.1) is 6.92 Å². The number of hydrogen-bond donors (Lipinski definition) is 1. The number of aryl methyl sites for hydroxylation is 1. The predicted octanol–water partition coefficient (Wildman–Crippen LogP) is 3.09. The van der Waals surface area contributed by atoms with Gasteiger partial charge in [0, 0.05) is 18.0 Å². The van der Waals surface area contributed by atoms with E-state index in [9.17, 15) is 0 Å². The third kappa shape index (κ3) is 2.24. The van der Waals surface area contributed by atoms with E-state index >= 15 is 0 Å². The van der Waals surface area contributed by atoms with Gasteiger partial charge in [-0.25, -0.2) is 0 Å². The quantitative estimate of drug-likeness (QED) is 0.896. The van der Waals surface area contributed by atoms with Gasteiger partial charge >= 0.3 is 0 Å². The Morgan fingerprint density at radius 1 is 1.06 bits per heavy atom. The molecule has 1 atom stereocenters. The van der Waals surface area contributed by atoms with Gasteiger partial charge in [0.15, 0.2) is 0 Å². The number of benzene rings is 1. The SMILES string of the molecule is Cc1ccc(C2=NN[C@@H](c3ccncc3)S2)cc1. The van der Waals surface area contributed by atoms with E-state index in [0.29, 0.717) is 0 Å². The highest BCUT2D eigenvalue weighted by Gasteiger charge is 2.21. The number of aromatic nitrogens is 1. The largest absolute Gasteiger partial charge is 0.291 e. The fourth-order valence-electron chi connectivity index (χ4n) is 1.79. The van der Waals surface area contributed by atoms with E-state index in [1.54, 1.807) is 24.2 Å². The molecule has 0 spiro atoms. The van der Waals surface area contributed by atoms with Crippen LogP contribution in [0.1, 0.15) is 22.1 Å². The second-order valence-electron chi connectivity index (χ2n) is 4.19. The first-order valence-corrected chi connectivity index (χ1v) is 6.68. The molecule has 3 nitrogen and oxygen atoms in total. The molecule has 0 saturated heterocycles. The summed E-state index contributed by atoms with van der Waals surface area (Å²) in [5, 5.41) is 5.63. The first kappa shape index (κ1) is 11.3. The molecule has 18 heavy (non-hydrogen) atoms. The third-order valence-corrected chi connectivity index (χ3v) is 3.98. The maximum absolute atomic E-state index is 4.40. The standard InChI is InChI=1S/C14H13N3S/c1-10-2-4-11(5-3-10)13-16-17-14(18-13)12-6-8-15-9-7-12/h2-9,14,17H,1H3/t14-/m1/s1. The van der Waals surface area contributed by atoms with Gasteiger partial charge < -0.3 is 0 Å². The number of nitrogens with one attached hydrogen (secondary N) is 1. The lowest BCUT2D eigenvalue weighted by Gasteiger charge is -2.08. The Labute approximate surface area is 110 Å². The van der Waals surface area contributed by atoms with Crippen molar-refractivity contribution in [1.82, 2.24) is 10.4 Å². The van der Waals surface area contributed by atoms with E-state index in [2.05, 4.69) is 46.7 Å². The summed E-state index contributed by atoms with van der Waals surface area (Å²) in [6, 6.07) is 12.5. The molecule has 0 aliphatic carbocycles. The van der Waals surface area contributed by atoms with Crippen LogP contribution in [0.2, 0.25) is 0 Å². The summed E-state index contributed by atoms with van der Waals surface area (Å²) in [6.07, 6.45) is 3.61. The Balaban J connectivity index is 1.77. The summed E-state index contributed by atoms with van der Waals surface area (Å²) in [5.41, 5.74) is 6.78. The number of rotatable bonds is 2. The molecule has 2 aromatic rings. The van der Waals surface area contributed by atoms with Crippen molar-refractivity contribution in [1.29, 1.82) is 0 Å². The minimum atomic E-state index is 0.185. The van der Waals surface area contributed by atoms with Crippen molar-refractivity contribution < 1.29 is 0 Å². The van der Waals surface area contributed by atoms with E-state index in [4.69, 9.17) is 0 Å². The van der Waals surface area contributed by atoms with Gasteiger partial charge in [0.25, 0.3) is 0 Å². The number of pyridine rings is 1. The average molecular weight is 255 g/mol. The molecular weight excluding hydrogens is 242 g/mol. The summed E-state index contributed by atoms with van der Waals surface area (Å²) >= 11 is 1.73. The van der Waals surface area contributed by atoms with E-state index in [-0.39, 0.29) is 5.37 Å². The third-order valence-electron chi connectivity index (χ3n) is 2.82. The molecule has 0 unspecified atom stereocenters. The van der Waals surface area contributed by atoms with Crippen LogP contribution >= 0.6 is 11.8 Å². The topological polar surface area (TPSA) is 37.3 Å². The molecule has 90 valence electrons. The smallest absolute Gasteiger partial charge is 0.126 e. The van der Waals surface area contributed by atoms with Crippen molar-refractivity contribution in [3.05, 3.63) is 65.5 Å². The molecule has 0 bridgehead atoms. The van der Waals surface area contributed by atoms with Crippen molar-refractivity contribution in [3.8, 4) is 0 Å². The number of thioether (sulfide) groups is 1. The highest BCUT2D eigenvalue weighted by Crippen LogP contribution is 2.33. The second-order valence-corrected chi connectivity index (χ2v) is 5.28. The van der Waals surface area contributed by atoms with E-state index in [1.807, 2.05) is 12.1 Å². The molecular formula is C14H13N3S. The Morgan fingerprint density at radius 2 is 1.78 bits per heavy atom. The van der Waals surface area contributed by atoms with Crippen LogP contribution in [0.25, 0.3) is 0 Å². The van der Waals surface area contributed by atoms with Crippen LogP contribution in [-0.4, -0.2) is 10.0 Å². The van der Waals surface area contributed by atoms with Gasteiger partial charge in [-0.05, 0) is 24.6 Å². The fourth-order valence-corrected chi connectivity index (χ4v) is 2.79. The van der Waals surface area contributed by atoms with Crippen LogP contribution in [0.15, 0.2) is 53.9 Å². The van der Waals surface area contributed by atoms with Crippen molar-refractivity contribution in [2.75, 3.05) is 0 Å². The Bertz CT molecular complexity index is 563. The molecule has 1 aromatic heterocycles. The van der Waals surface area contributed by atoms with Gasteiger partial charge in [0.2, 0.25) is 0 Å². The molecule has 0 fully saturated rings. The zero-order chi connectivity index (χ0) is 12.4. The van der Waals surface area contributed by atoms with Crippen molar-refractivity contribution in [3.63, 3.8) is 0 Å². The Hall–Kier alpha value is -1.81. The maximum Gasteiger partial charge on any atom is 0.126 e. The van der Waals surface area contributed by atoms with E-state index in [1.165, 1.54) is 11.1 Å². The molecule has 2 heterocycles. The Kier molecular flexibility index (Phi) is 3.02. The molecule has 0 saturated carbocycles. The highest BCUT2D eigenvalue weighted by molar-refractivity contribution is 8.14. The molecule has 4 heteroatoms. The monoisotopic (exact) mass is 255 g/mol. The zero-order valence-electron chi connectivity index (χ0n) is 10.00. The number of hydrogen-bond acceptors (Lipinski definition) is 4.